The number of nitrogens with zero attached hydrogens (tertiary/aromatic N) is 1. The van der Waals surface area contributed by atoms with Crippen molar-refractivity contribution in [2.75, 3.05) is 5.73 Å². The van der Waals surface area contributed by atoms with Gasteiger partial charge in [0.05, 0.1) is 6.20 Å². The van der Waals surface area contributed by atoms with Crippen molar-refractivity contribution in [1.29, 1.82) is 0 Å². The van der Waals surface area contributed by atoms with Crippen LogP contribution in [0.4, 0.5) is 10.1 Å². The molecule has 1 unspecified atom stereocenters. The topological polar surface area (TPSA) is 59.1 Å². The minimum Gasteiger partial charge on any atom is -0.398 e. The van der Waals surface area contributed by atoms with E-state index in [4.69, 9.17) is 5.73 Å². The third-order valence-electron chi connectivity index (χ3n) is 2.39. The third-order valence-corrected chi connectivity index (χ3v) is 2.88. The molecule has 2 aromatic rings. The molecule has 1 aromatic carbocycles. The van der Waals surface area contributed by atoms with E-state index in [-0.39, 0.29) is 0 Å². The molecule has 17 heavy (non-hydrogen) atoms. The third kappa shape index (κ3) is 2.62. The monoisotopic (exact) mass is 296 g/mol. The lowest BCUT2D eigenvalue weighted by molar-refractivity contribution is 0.220. The molecule has 0 saturated heterocycles. The molecule has 3 nitrogen and oxygen atoms in total. The Balaban J connectivity index is 2.43. The summed E-state index contributed by atoms with van der Waals surface area (Å²) in [7, 11) is 0. The first kappa shape index (κ1) is 12.0. The van der Waals surface area contributed by atoms with Crippen LogP contribution in [0.15, 0.2) is 41.1 Å². The number of pyridine rings is 1. The van der Waals surface area contributed by atoms with Crippen LogP contribution in [-0.2, 0) is 0 Å². The minimum atomic E-state index is -0.990. The van der Waals surface area contributed by atoms with Gasteiger partial charge in [0.1, 0.15) is 11.9 Å². The van der Waals surface area contributed by atoms with Gasteiger partial charge in [0.15, 0.2) is 0 Å². The summed E-state index contributed by atoms with van der Waals surface area (Å²) in [6.07, 6.45) is 1.50. The molecule has 0 amide bonds. The molecule has 1 aromatic heterocycles. The fraction of sp³-hybridized carbons (Fsp3) is 0.0833. The number of aromatic nitrogens is 1. The summed E-state index contributed by atoms with van der Waals surface area (Å²) in [4.78, 5) is 3.70. The number of nitrogen functional groups attached to an aromatic ring is 1. The zero-order valence-electron chi connectivity index (χ0n) is 8.77. The van der Waals surface area contributed by atoms with Gasteiger partial charge in [-0.2, -0.15) is 0 Å². The highest BCUT2D eigenvalue weighted by Gasteiger charge is 2.14. The number of halogens is 2. The Morgan fingerprint density at radius 2 is 2.06 bits per heavy atom. The SMILES string of the molecule is Nc1ccc(Br)cc1C(O)c1cncc(F)c1. The van der Waals surface area contributed by atoms with Crippen LogP contribution in [-0.4, -0.2) is 10.1 Å². The van der Waals surface area contributed by atoms with Gasteiger partial charge >= 0.3 is 0 Å². The molecule has 0 spiro atoms. The van der Waals surface area contributed by atoms with Crippen LogP contribution in [0.5, 0.6) is 0 Å². The molecular formula is C12H10BrFN2O. The average Bonchev–Trinajstić information content (AvgIpc) is 2.31. The van der Waals surface area contributed by atoms with Gasteiger partial charge in [-0.25, -0.2) is 4.39 Å². The Labute approximate surface area is 106 Å². The standard InChI is InChI=1S/C12H10BrFN2O/c13-8-1-2-11(15)10(4-8)12(17)7-3-9(14)6-16-5-7/h1-6,12,17H,15H2. The van der Waals surface area contributed by atoms with Crippen molar-refractivity contribution in [2.24, 2.45) is 0 Å². The summed E-state index contributed by atoms with van der Waals surface area (Å²) >= 11 is 3.30. The summed E-state index contributed by atoms with van der Waals surface area (Å²) in [5.41, 5.74) is 7.11. The fourth-order valence-electron chi connectivity index (χ4n) is 1.54. The molecule has 0 aliphatic heterocycles. The summed E-state index contributed by atoms with van der Waals surface area (Å²) in [6, 6.07) is 6.38. The highest BCUT2D eigenvalue weighted by atomic mass is 79.9. The Hall–Kier alpha value is -1.46. The van der Waals surface area contributed by atoms with Crippen molar-refractivity contribution in [2.45, 2.75) is 6.10 Å². The summed E-state index contributed by atoms with van der Waals surface area (Å²) < 4.78 is 13.8. The minimum absolute atomic E-state index is 0.370. The molecule has 2 rings (SSSR count). The largest absolute Gasteiger partial charge is 0.398 e. The summed E-state index contributed by atoms with van der Waals surface area (Å²) in [5.74, 6) is -0.491. The van der Waals surface area contributed by atoms with Gasteiger partial charge in [0, 0.05) is 27.5 Å². The molecule has 1 atom stereocenters. The second kappa shape index (κ2) is 4.81. The van der Waals surface area contributed by atoms with Crippen molar-refractivity contribution < 1.29 is 9.50 Å². The van der Waals surface area contributed by atoms with Gasteiger partial charge in [-0.05, 0) is 24.3 Å². The molecule has 1 heterocycles. The molecular weight excluding hydrogens is 287 g/mol. The number of rotatable bonds is 2. The molecule has 5 heteroatoms. The lowest BCUT2D eigenvalue weighted by atomic mass is 10.0. The van der Waals surface area contributed by atoms with E-state index in [9.17, 15) is 9.50 Å². The maximum Gasteiger partial charge on any atom is 0.141 e. The number of nitrogens with two attached hydrogens (primary N) is 1. The average molecular weight is 297 g/mol. The van der Waals surface area contributed by atoms with Gasteiger partial charge in [0.25, 0.3) is 0 Å². The van der Waals surface area contributed by atoms with Crippen LogP contribution in [0.2, 0.25) is 0 Å². The molecule has 88 valence electrons. The zero-order chi connectivity index (χ0) is 12.4. The molecule has 0 saturated carbocycles. The van der Waals surface area contributed by atoms with Crippen molar-refractivity contribution in [1.82, 2.24) is 4.98 Å². The quantitative estimate of drug-likeness (QED) is 0.838. The van der Waals surface area contributed by atoms with E-state index in [0.717, 1.165) is 10.7 Å². The molecule has 0 aliphatic rings. The Morgan fingerprint density at radius 3 is 2.76 bits per heavy atom. The second-order valence-electron chi connectivity index (χ2n) is 3.61. The Bertz CT molecular complexity index is 548. The number of hydrogen-bond acceptors (Lipinski definition) is 3. The number of aliphatic hydroxyl groups is 1. The van der Waals surface area contributed by atoms with Gasteiger partial charge in [0.2, 0.25) is 0 Å². The first-order chi connectivity index (χ1) is 8.08. The predicted molar refractivity (Wildman–Crippen MR) is 66.8 cm³/mol. The molecule has 0 bridgehead atoms. The highest BCUT2D eigenvalue weighted by Crippen LogP contribution is 2.29. The normalized spacial score (nSPS) is 12.4. The molecule has 0 radical (unpaired) electrons. The van der Waals surface area contributed by atoms with Crippen LogP contribution in [0.25, 0.3) is 0 Å². The van der Waals surface area contributed by atoms with E-state index in [0.29, 0.717) is 16.8 Å². The maximum atomic E-state index is 13.0. The number of aliphatic hydroxyl groups excluding tert-OH is 1. The van der Waals surface area contributed by atoms with Crippen LogP contribution in [0.1, 0.15) is 17.2 Å². The van der Waals surface area contributed by atoms with Gasteiger partial charge in [-0.1, -0.05) is 15.9 Å². The van der Waals surface area contributed by atoms with E-state index >= 15 is 0 Å². The fourth-order valence-corrected chi connectivity index (χ4v) is 1.92. The van der Waals surface area contributed by atoms with Crippen molar-refractivity contribution in [3.63, 3.8) is 0 Å². The van der Waals surface area contributed by atoms with E-state index in [1.54, 1.807) is 18.2 Å². The summed E-state index contributed by atoms with van der Waals surface area (Å²) in [6.45, 7) is 0. The van der Waals surface area contributed by atoms with Crippen molar-refractivity contribution in [3.05, 3.63) is 58.1 Å². The smallest absolute Gasteiger partial charge is 0.141 e. The molecule has 3 N–H and O–H groups in total. The Kier molecular flexibility index (Phi) is 3.40. The van der Waals surface area contributed by atoms with Crippen molar-refractivity contribution in [3.8, 4) is 0 Å². The lowest BCUT2D eigenvalue weighted by Crippen LogP contribution is -2.04. The van der Waals surface area contributed by atoms with Gasteiger partial charge < -0.3 is 10.8 Å². The first-order valence-corrected chi connectivity index (χ1v) is 5.70. The molecule has 0 aliphatic carbocycles. The predicted octanol–water partition coefficient (Wildman–Crippen LogP) is 2.65. The number of hydrogen-bond donors (Lipinski definition) is 2. The van der Waals surface area contributed by atoms with Crippen LogP contribution < -0.4 is 5.73 Å². The maximum absolute atomic E-state index is 13.0. The summed E-state index contributed by atoms with van der Waals surface area (Å²) in [5, 5.41) is 10.1. The number of anilines is 1. The van der Waals surface area contributed by atoms with E-state index in [1.807, 2.05) is 0 Å². The highest BCUT2D eigenvalue weighted by molar-refractivity contribution is 9.10. The zero-order valence-corrected chi connectivity index (χ0v) is 10.4. The van der Waals surface area contributed by atoms with E-state index < -0.39 is 11.9 Å². The van der Waals surface area contributed by atoms with Gasteiger partial charge in [-0.15, -0.1) is 0 Å². The van der Waals surface area contributed by atoms with Crippen LogP contribution in [0, 0.1) is 5.82 Å². The van der Waals surface area contributed by atoms with Crippen LogP contribution >= 0.6 is 15.9 Å². The lowest BCUT2D eigenvalue weighted by Gasteiger charge is -2.13. The van der Waals surface area contributed by atoms with E-state index in [2.05, 4.69) is 20.9 Å². The Morgan fingerprint density at radius 1 is 1.29 bits per heavy atom. The van der Waals surface area contributed by atoms with Crippen molar-refractivity contribution >= 4 is 21.6 Å². The molecule has 0 fully saturated rings. The van der Waals surface area contributed by atoms with Crippen LogP contribution in [0.3, 0.4) is 0 Å². The first-order valence-electron chi connectivity index (χ1n) is 4.91. The number of benzene rings is 1. The van der Waals surface area contributed by atoms with E-state index in [1.165, 1.54) is 12.3 Å². The van der Waals surface area contributed by atoms with Gasteiger partial charge in [-0.3, -0.25) is 4.98 Å². The second-order valence-corrected chi connectivity index (χ2v) is 4.53.